The highest BCUT2D eigenvalue weighted by molar-refractivity contribution is 6.30. The fourth-order valence-electron chi connectivity index (χ4n) is 2.21. The van der Waals surface area contributed by atoms with E-state index in [-0.39, 0.29) is 11.9 Å². The first-order chi connectivity index (χ1) is 9.74. The van der Waals surface area contributed by atoms with Gasteiger partial charge in [0.05, 0.1) is 6.61 Å². The van der Waals surface area contributed by atoms with Crippen molar-refractivity contribution in [2.75, 3.05) is 6.61 Å². The summed E-state index contributed by atoms with van der Waals surface area (Å²) in [4.78, 5) is 12.0. The van der Waals surface area contributed by atoms with Crippen LogP contribution in [0.3, 0.4) is 0 Å². The van der Waals surface area contributed by atoms with Crippen LogP contribution in [-0.4, -0.2) is 18.0 Å². The molecule has 0 saturated carbocycles. The molecular weight excluding hydrogens is 272 g/mol. The summed E-state index contributed by atoms with van der Waals surface area (Å²) in [6, 6.07) is 19.6. The fraction of sp³-hybridized carbons (Fsp3) is 0.235. The predicted molar refractivity (Wildman–Crippen MR) is 81.0 cm³/mol. The van der Waals surface area contributed by atoms with Gasteiger partial charge in [-0.05, 0) is 18.1 Å². The normalized spacial score (nSPS) is 12.2. The zero-order valence-corrected chi connectivity index (χ0v) is 12.1. The van der Waals surface area contributed by atoms with Crippen molar-refractivity contribution < 1.29 is 9.53 Å². The van der Waals surface area contributed by atoms with Crippen LogP contribution in [0.4, 0.5) is 0 Å². The quantitative estimate of drug-likeness (QED) is 0.614. The van der Waals surface area contributed by atoms with E-state index in [0.29, 0.717) is 6.61 Å². The third-order valence-electron chi connectivity index (χ3n) is 3.12. The first-order valence-corrected chi connectivity index (χ1v) is 7.08. The number of alkyl halides is 1. The van der Waals surface area contributed by atoms with Crippen molar-refractivity contribution in [3.63, 3.8) is 0 Å². The fourth-order valence-corrected chi connectivity index (χ4v) is 2.56. The van der Waals surface area contributed by atoms with Crippen molar-refractivity contribution in [2.24, 2.45) is 0 Å². The summed E-state index contributed by atoms with van der Waals surface area (Å²) in [5.41, 5.74) is 2.01. The zero-order valence-electron chi connectivity index (χ0n) is 11.3. The minimum absolute atomic E-state index is 0.210. The zero-order chi connectivity index (χ0) is 14.4. The van der Waals surface area contributed by atoms with Gasteiger partial charge in [0.2, 0.25) is 0 Å². The third kappa shape index (κ3) is 3.40. The Hall–Kier alpha value is -1.80. The molecule has 2 nitrogen and oxygen atoms in total. The van der Waals surface area contributed by atoms with Crippen LogP contribution in [0.1, 0.15) is 24.0 Å². The maximum Gasteiger partial charge on any atom is 0.325 e. The Morgan fingerprint density at radius 2 is 1.45 bits per heavy atom. The molecule has 0 heterocycles. The van der Waals surface area contributed by atoms with Gasteiger partial charge in [0.1, 0.15) is 5.38 Å². The van der Waals surface area contributed by atoms with Crippen molar-refractivity contribution in [3.05, 3.63) is 71.8 Å². The minimum Gasteiger partial charge on any atom is -0.465 e. The van der Waals surface area contributed by atoms with Crippen LogP contribution in [0.15, 0.2) is 60.7 Å². The molecule has 20 heavy (non-hydrogen) atoms. The highest BCUT2D eigenvalue weighted by atomic mass is 35.5. The van der Waals surface area contributed by atoms with E-state index in [1.165, 1.54) is 0 Å². The molecule has 0 fully saturated rings. The summed E-state index contributed by atoms with van der Waals surface area (Å²) in [7, 11) is 0. The summed E-state index contributed by atoms with van der Waals surface area (Å²) in [6.45, 7) is 2.11. The van der Waals surface area contributed by atoms with E-state index in [0.717, 1.165) is 11.1 Å². The molecule has 2 aromatic carbocycles. The summed E-state index contributed by atoms with van der Waals surface area (Å²) in [5.74, 6) is -0.593. The molecule has 0 aliphatic carbocycles. The average Bonchev–Trinajstić information content (AvgIpc) is 2.50. The lowest BCUT2D eigenvalue weighted by Gasteiger charge is -2.22. The van der Waals surface area contributed by atoms with Crippen LogP contribution in [0, 0.1) is 0 Å². The summed E-state index contributed by atoms with van der Waals surface area (Å²) >= 11 is 6.37. The predicted octanol–water partition coefficient (Wildman–Crippen LogP) is 3.99. The van der Waals surface area contributed by atoms with Crippen LogP contribution in [-0.2, 0) is 9.53 Å². The van der Waals surface area contributed by atoms with Gasteiger partial charge in [0, 0.05) is 5.92 Å². The Bertz CT molecular complexity index is 500. The Morgan fingerprint density at radius 1 is 1.00 bits per heavy atom. The van der Waals surface area contributed by atoms with Gasteiger partial charge in [-0.2, -0.15) is 0 Å². The van der Waals surface area contributed by atoms with E-state index < -0.39 is 5.38 Å². The van der Waals surface area contributed by atoms with Crippen molar-refractivity contribution in [1.29, 1.82) is 0 Å². The summed E-state index contributed by atoms with van der Waals surface area (Å²) < 4.78 is 5.06. The molecule has 0 aromatic heterocycles. The van der Waals surface area contributed by atoms with Gasteiger partial charge >= 0.3 is 5.97 Å². The van der Waals surface area contributed by atoms with Crippen LogP contribution in [0.2, 0.25) is 0 Å². The van der Waals surface area contributed by atoms with E-state index in [1.54, 1.807) is 6.92 Å². The molecule has 0 saturated heterocycles. The Kier molecular flexibility index (Phi) is 5.19. The number of hydrogen-bond acceptors (Lipinski definition) is 2. The standard InChI is InChI=1S/C17H17ClO2/c1-2-20-17(19)16(18)15(13-9-5-3-6-10-13)14-11-7-4-8-12-14/h3-12,15-16H,2H2,1H3. The lowest BCUT2D eigenvalue weighted by atomic mass is 9.88. The van der Waals surface area contributed by atoms with Crippen molar-refractivity contribution in [3.8, 4) is 0 Å². The van der Waals surface area contributed by atoms with E-state index in [9.17, 15) is 4.79 Å². The number of carbonyl (C=O) groups excluding carboxylic acids is 1. The third-order valence-corrected chi connectivity index (χ3v) is 3.55. The van der Waals surface area contributed by atoms with Gasteiger partial charge in [-0.15, -0.1) is 11.6 Å². The number of rotatable bonds is 5. The molecule has 3 heteroatoms. The molecule has 0 aliphatic heterocycles. The molecule has 0 radical (unpaired) electrons. The lowest BCUT2D eigenvalue weighted by molar-refractivity contribution is -0.142. The highest BCUT2D eigenvalue weighted by Gasteiger charge is 2.30. The highest BCUT2D eigenvalue weighted by Crippen LogP contribution is 2.31. The summed E-state index contributed by atoms with van der Waals surface area (Å²) in [6.07, 6.45) is 0. The maximum atomic E-state index is 12.0. The number of benzene rings is 2. The first-order valence-electron chi connectivity index (χ1n) is 6.64. The molecular formula is C17H17ClO2. The lowest BCUT2D eigenvalue weighted by Crippen LogP contribution is -2.26. The van der Waals surface area contributed by atoms with Crippen LogP contribution >= 0.6 is 11.6 Å². The van der Waals surface area contributed by atoms with Gasteiger partial charge in [-0.25, -0.2) is 0 Å². The topological polar surface area (TPSA) is 26.3 Å². The van der Waals surface area contributed by atoms with Crippen LogP contribution < -0.4 is 0 Å². The van der Waals surface area contributed by atoms with Gasteiger partial charge < -0.3 is 4.74 Å². The second-order valence-electron chi connectivity index (χ2n) is 4.45. The Balaban J connectivity index is 2.37. The number of esters is 1. The smallest absolute Gasteiger partial charge is 0.325 e. The molecule has 1 unspecified atom stereocenters. The molecule has 1 atom stereocenters. The number of hydrogen-bond donors (Lipinski definition) is 0. The SMILES string of the molecule is CCOC(=O)C(Cl)C(c1ccccc1)c1ccccc1. The van der Waals surface area contributed by atoms with E-state index >= 15 is 0 Å². The van der Waals surface area contributed by atoms with Crippen molar-refractivity contribution >= 4 is 17.6 Å². The van der Waals surface area contributed by atoms with Gasteiger partial charge in [-0.3, -0.25) is 4.79 Å². The van der Waals surface area contributed by atoms with Crippen molar-refractivity contribution in [2.45, 2.75) is 18.2 Å². The Morgan fingerprint density at radius 3 is 1.85 bits per heavy atom. The largest absolute Gasteiger partial charge is 0.465 e. The molecule has 104 valence electrons. The van der Waals surface area contributed by atoms with E-state index in [4.69, 9.17) is 16.3 Å². The molecule has 0 N–H and O–H groups in total. The first kappa shape index (κ1) is 14.6. The second kappa shape index (κ2) is 7.11. The molecule has 0 aliphatic rings. The van der Waals surface area contributed by atoms with E-state index in [1.807, 2.05) is 60.7 Å². The second-order valence-corrected chi connectivity index (χ2v) is 4.92. The van der Waals surface area contributed by atoms with Crippen molar-refractivity contribution in [1.82, 2.24) is 0 Å². The van der Waals surface area contributed by atoms with E-state index in [2.05, 4.69) is 0 Å². The summed E-state index contributed by atoms with van der Waals surface area (Å²) in [5, 5.41) is -0.736. The van der Waals surface area contributed by atoms with Crippen LogP contribution in [0.5, 0.6) is 0 Å². The number of halogens is 1. The molecule has 0 amide bonds. The van der Waals surface area contributed by atoms with Gasteiger partial charge in [0.15, 0.2) is 0 Å². The molecule has 0 bridgehead atoms. The molecule has 2 aromatic rings. The Labute approximate surface area is 124 Å². The average molecular weight is 289 g/mol. The molecule has 2 rings (SSSR count). The maximum absolute atomic E-state index is 12.0. The number of ether oxygens (including phenoxy) is 1. The van der Waals surface area contributed by atoms with Crippen LogP contribution in [0.25, 0.3) is 0 Å². The molecule has 0 spiro atoms. The van der Waals surface area contributed by atoms with Gasteiger partial charge in [0.25, 0.3) is 0 Å². The monoisotopic (exact) mass is 288 g/mol. The number of carbonyl (C=O) groups is 1. The minimum atomic E-state index is -0.736. The van der Waals surface area contributed by atoms with Gasteiger partial charge in [-0.1, -0.05) is 60.7 Å².